The fourth-order valence-corrected chi connectivity index (χ4v) is 4.45. The van der Waals surface area contributed by atoms with E-state index < -0.39 is 17.7 Å². The van der Waals surface area contributed by atoms with Gasteiger partial charge in [-0.3, -0.25) is 9.59 Å². The maximum absolute atomic E-state index is 13.9. The minimum Gasteiger partial charge on any atom is -0.465 e. The van der Waals surface area contributed by atoms with Crippen LogP contribution in [-0.2, 0) is 9.47 Å². The lowest BCUT2D eigenvalue weighted by Crippen LogP contribution is -2.15. The Bertz CT molecular complexity index is 1720. The number of nitrogens with zero attached hydrogens (tertiary/aromatic N) is 1. The Morgan fingerprint density at radius 1 is 0.595 bits per heavy atom. The molecule has 3 aromatic carbocycles. The summed E-state index contributed by atoms with van der Waals surface area (Å²) in [4.78, 5) is 52.9. The van der Waals surface area contributed by atoms with E-state index in [0.717, 1.165) is 10.8 Å². The van der Waals surface area contributed by atoms with Crippen molar-refractivity contribution in [3.05, 3.63) is 125 Å². The number of carbonyl (C=O) groups is 4. The van der Waals surface area contributed by atoms with Gasteiger partial charge in [-0.2, -0.15) is 0 Å². The van der Waals surface area contributed by atoms with E-state index in [1.54, 1.807) is 48.5 Å². The first-order valence-corrected chi connectivity index (χ1v) is 11.4. The average molecular weight is 491 g/mol. The Kier molecular flexibility index (Phi) is 6.11. The molecule has 0 fully saturated rings. The third-order valence-electron chi connectivity index (χ3n) is 6.24. The third-order valence-corrected chi connectivity index (χ3v) is 6.24. The second-order valence-electron chi connectivity index (χ2n) is 8.34. The van der Waals surface area contributed by atoms with E-state index in [1.807, 2.05) is 30.3 Å². The molecule has 37 heavy (non-hydrogen) atoms. The Hall–Kier alpha value is -5.04. The predicted octanol–water partition coefficient (Wildman–Crippen LogP) is 5.13. The summed E-state index contributed by atoms with van der Waals surface area (Å²) >= 11 is 0. The van der Waals surface area contributed by atoms with Crippen molar-refractivity contribution in [1.29, 1.82) is 0 Å². The first kappa shape index (κ1) is 23.7. The molecule has 5 aromatic rings. The van der Waals surface area contributed by atoms with Crippen LogP contribution in [0.15, 0.2) is 91.1 Å². The van der Waals surface area contributed by atoms with E-state index in [9.17, 15) is 19.2 Å². The zero-order chi connectivity index (χ0) is 26.1. The van der Waals surface area contributed by atoms with Gasteiger partial charge in [0.2, 0.25) is 5.78 Å². The number of carbonyl (C=O) groups excluding carboxylic acids is 4. The number of hydrogen-bond acceptors (Lipinski definition) is 6. The molecule has 5 rings (SSSR count). The molecule has 0 radical (unpaired) electrons. The zero-order valence-electron chi connectivity index (χ0n) is 20.1. The lowest BCUT2D eigenvalue weighted by atomic mass is 9.99. The van der Waals surface area contributed by atoms with Crippen LogP contribution in [0, 0.1) is 0 Å². The summed E-state index contributed by atoms with van der Waals surface area (Å²) in [7, 11) is 2.34. The molecule has 2 aromatic heterocycles. The van der Waals surface area contributed by atoms with Crippen molar-refractivity contribution in [3.8, 4) is 0 Å². The first-order valence-electron chi connectivity index (χ1n) is 11.4. The average Bonchev–Trinajstić information content (AvgIpc) is 3.30. The Balaban J connectivity index is 1.77. The highest BCUT2D eigenvalue weighted by Crippen LogP contribution is 2.30. The molecule has 2 heterocycles. The second kappa shape index (κ2) is 9.54. The van der Waals surface area contributed by atoms with Gasteiger partial charge in [0.1, 0.15) is 16.8 Å². The number of methoxy groups -OCH3 is 2. The molecule has 0 aliphatic carbocycles. The predicted molar refractivity (Wildman–Crippen MR) is 137 cm³/mol. The quantitative estimate of drug-likeness (QED) is 0.242. The van der Waals surface area contributed by atoms with E-state index in [0.29, 0.717) is 11.1 Å². The Labute approximate surface area is 211 Å². The summed E-state index contributed by atoms with van der Waals surface area (Å²) in [6, 6.07) is 24.5. The van der Waals surface area contributed by atoms with Crippen molar-refractivity contribution in [2.75, 3.05) is 14.2 Å². The molecule has 0 saturated heterocycles. The van der Waals surface area contributed by atoms with Crippen molar-refractivity contribution in [1.82, 2.24) is 4.40 Å². The molecule has 182 valence electrons. The van der Waals surface area contributed by atoms with Crippen molar-refractivity contribution in [2.45, 2.75) is 0 Å². The van der Waals surface area contributed by atoms with Crippen LogP contribution in [0.4, 0.5) is 0 Å². The maximum Gasteiger partial charge on any atom is 0.341 e. The molecule has 0 amide bonds. The lowest BCUT2D eigenvalue weighted by molar-refractivity contribution is 0.0556. The highest BCUT2D eigenvalue weighted by molar-refractivity contribution is 6.21. The van der Waals surface area contributed by atoms with Crippen LogP contribution >= 0.6 is 0 Å². The van der Waals surface area contributed by atoms with Crippen LogP contribution in [0.3, 0.4) is 0 Å². The minimum atomic E-state index is -0.871. The number of hydrogen-bond donors (Lipinski definition) is 0. The van der Waals surface area contributed by atoms with Gasteiger partial charge >= 0.3 is 11.9 Å². The highest BCUT2D eigenvalue weighted by atomic mass is 16.5. The number of esters is 2. The minimum absolute atomic E-state index is 0.0590. The zero-order valence-corrected chi connectivity index (χ0v) is 20.1. The van der Waals surface area contributed by atoms with Gasteiger partial charge in [0.05, 0.1) is 19.7 Å². The van der Waals surface area contributed by atoms with Gasteiger partial charge in [-0.25, -0.2) is 9.59 Å². The van der Waals surface area contributed by atoms with Gasteiger partial charge in [0.15, 0.2) is 5.78 Å². The van der Waals surface area contributed by atoms with Gasteiger partial charge < -0.3 is 13.9 Å². The van der Waals surface area contributed by atoms with Gasteiger partial charge in [0.25, 0.3) is 0 Å². The lowest BCUT2D eigenvalue weighted by Gasteiger charge is -2.08. The molecule has 0 spiro atoms. The molecule has 0 atom stereocenters. The summed E-state index contributed by atoms with van der Waals surface area (Å²) in [6.45, 7) is 0. The molecule has 0 unspecified atom stereocenters. The van der Waals surface area contributed by atoms with E-state index in [2.05, 4.69) is 0 Å². The fourth-order valence-electron chi connectivity index (χ4n) is 4.45. The van der Waals surface area contributed by atoms with E-state index in [-0.39, 0.29) is 33.7 Å². The topological polar surface area (TPSA) is 91.2 Å². The summed E-state index contributed by atoms with van der Waals surface area (Å²) in [5, 5.41) is 1.80. The molecule has 0 N–H and O–H groups in total. The number of benzene rings is 3. The number of aromatic nitrogens is 1. The van der Waals surface area contributed by atoms with E-state index in [4.69, 9.17) is 9.47 Å². The summed E-state index contributed by atoms with van der Waals surface area (Å²) < 4.78 is 11.4. The normalized spacial score (nSPS) is 10.9. The van der Waals surface area contributed by atoms with Gasteiger partial charge in [0, 0.05) is 22.9 Å². The number of fused-ring (bicyclic) bond motifs is 2. The fraction of sp³-hybridized carbons (Fsp3) is 0.0667. The summed E-state index contributed by atoms with van der Waals surface area (Å²) in [5.74, 6) is -2.47. The standard InChI is InChI=1S/C30H21NO6/c1-36-29(34)24-23-17-22(27(32)19-9-4-3-5-10-19)14-15-31(23)26(25(24)30(35)37-2)28(33)21-13-12-18-8-6-7-11-20(18)16-21/h3-17H,1-2H3. The van der Waals surface area contributed by atoms with Crippen LogP contribution in [0.5, 0.6) is 0 Å². The smallest absolute Gasteiger partial charge is 0.341 e. The monoisotopic (exact) mass is 491 g/mol. The SMILES string of the molecule is COC(=O)c1c(C(=O)OC)c2cc(C(=O)c3ccccc3)ccn2c1C(=O)c1ccc2ccccc2c1. The number of ether oxygens (including phenoxy) is 2. The second-order valence-corrected chi connectivity index (χ2v) is 8.34. The van der Waals surface area contributed by atoms with Crippen molar-refractivity contribution >= 4 is 39.8 Å². The molecule has 7 nitrogen and oxygen atoms in total. The van der Waals surface area contributed by atoms with Gasteiger partial charge in [-0.05, 0) is 29.0 Å². The Morgan fingerprint density at radius 2 is 1.22 bits per heavy atom. The molecule has 0 aliphatic rings. The van der Waals surface area contributed by atoms with Crippen molar-refractivity contribution in [2.24, 2.45) is 0 Å². The molecule has 0 bridgehead atoms. The van der Waals surface area contributed by atoms with Gasteiger partial charge in [-0.1, -0.05) is 66.7 Å². The van der Waals surface area contributed by atoms with Gasteiger partial charge in [-0.15, -0.1) is 0 Å². The van der Waals surface area contributed by atoms with Crippen LogP contribution in [0.1, 0.15) is 52.7 Å². The van der Waals surface area contributed by atoms with Crippen molar-refractivity contribution in [3.63, 3.8) is 0 Å². The maximum atomic E-state index is 13.9. The summed E-state index contributed by atoms with van der Waals surface area (Å²) in [6.07, 6.45) is 1.50. The Morgan fingerprint density at radius 3 is 1.92 bits per heavy atom. The number of ketones is 2. The molecular weight excluding hydrogens is 470 g/mol. The molecule has 0 aliphatic heterocycles. The van der Waals surface area contributed by atoms with Crippen molar-refractivity contribution < 1.29 is 28.7 Å². The van der Waals surface area contributed by atoms with Crippen LogP contribution in [0.25, 0.3) is 16.3 Å². The largest absolute Gasteiger partial charge is 0.465 e. The molecule has 0 saturated carbocycles. The van der Waals surface area contributed by atoms with Crippen LogP contribution < -0.4 is 0 Å². The number of rotatable bonds is 6. The number of pyridine rings is 1. The third kappa shape index (κ3) is 4.06. The van der Waals surface area contributed by atoms with Crippen LogP contribution in [-0.4, -0.2) is 42.1 Å². The first-order chi connectivity index (χ1) is 17.9. The summed E-state index contributed by atoms with van der Waals surface area (Å²) in [5.41, 5.74) is 0.803. The molecule has 7 heteroatoms. The van der Waals surface area contributed by atoms with E-state index >= 15 is 0 Å². The highest BCUT2D eigenvalue weighted by Gasteiger charge is 2.33. The van der Waals surface area contributed by atoms with E-state index in [1.165, 1.54) is 30.9 Å². The molecular formula is C30H21NO6. The van der Waals surface area contributed by atoms with Crippen LogP contribution in [0.2, 0.25) is 0 Å².